The van der Waals surface area contributed by atoms with Gasteiger partial charge in [-0.2, -0.15) is 0 Å². The average Bonchev–Trinajstić information content (AvgIpc) is 2.81. The summed E-state index contributed by atoms with van der Waals surface area (Å²) in [6.45, 7) is 2.49. The van der Waals surface area contributed by atoms with Crippen molar-refractivity contribution in [2.24, 2.45) is 0 Å². The van der Waals surface area contributed by atoms with Crippen molar-refractivity contribution in [3.8, 4) is 5.75 Å². The molecule has 3 rings (SSSR count). The van der Waals surface area contributed by atoms with Gasteiger partial charge in [0.05, 0.1) is 11.6 Å². The fourth-order valence-electron chi connectivity index (χ4n) is 3.12. The Labute approximate surface area is 191 Å². The van der Waals surface area contributed by atoms with Crippen molar-refractivity contribution < 1.29 is 23.1 Å². The minimum Gasteiger partial charge on any atom is -0.489 e. The maximum Gasteiger partial charge on any atom is 0.254 e. The van der Waals surface area contributed by atoms with Crippen molar-refractivity contribution in [2.75, 3.05) is 6.54 Å². The Bertz CT molecular complexity index is 1080. The Kier molecular flexibility index (Phi) is 8.46. The van der Waals surface area contributed by atoms with Crippen LogP contribution in [0.4, 0.5) is 8.78 Å². The SMILES string of the molecule is CC(NC(=O)CCCNC(=O)c1ccc(F)cc1F)c1ccc(OCc2cccnc2)cc1. The summed E-state index contributed by atoms with van der Waals surface area (Å²) in [6.07, 6.45) is 4.04. The highest BCUT2D eigenvalue weighted by atomic mass is 19.1. The third kappa shape index (κ3) is 7.38. The summed E-state index contributed by atoms with van der Waals surface area (Å²) >= 11 is 0. The Morgan fingerprint density at radius 2 is 1.88 bits per heavy atom. The van der Waals surface area contributed by atoms with E-state index in [-0.39, 0.29) is 30.5 Å². The van der Waals surface area contributed by atoms with E-state index in [1.165, 1.54) is 0 Å². The average molecular weight is 453 g/mol. The van der Waals surface area contributed by atoms with Crippen LogP contribution in [0.2, 0.25) is 0 Å². The van der Waals surface area contributed by atoms with Gasteiger partial charge in [0.15, 0.2) is 0 Å². The number of carbonyl (C=O) groups is 2. The normalized spacial score (nSPS) is 11.5. The molecule has 0 spiro atoms. The number of amides is 2. The summed E-state index contributed by atoms with van der Waals surface area (Å²) in [4.78, 5) is 28.2. The van der Waals surface area contributed by atoms with Crippen LogP contribution in [0.15, 0.2) is 67.0 Å². The third-order valence-corrected chi connectivity index (χ3v) is 4.93. The Morgan fingerprint density at radius 3 is 2.58 bits per heavy atom. The van der Waals surface area contributed by atoms with Gasteiger partial charge in [-0.3, -0.25) is 14.6 Å². The maximum atomic E-state index is 13.6. The van der Waals surface area contributed by atoms with E-state index in [9.17, 15) is 18.4 Å². The van der Waals surface area contributed by atoms with Gasteiger partial charge in [-0.05, 0) is 49.2 Å². The van der Waals surface area contributed by atoms with Crippen LogP contribution in [-0.4, -0.2) is 23.3 Å². The highest BCUT2D eigenvalue weighted by molar-refractivity contribution is 5.94. The smallest absolute Gasteiger partial charge is 0.254 e. The lowest BCUT2D eigenvalue weighted by atomic mass is 10.1. The lowest BCUT2D eigenvalue weighted by Crippen LogP contribution is -2.29. The highest BCUT2D eigenvalue weighted by Gasteiger charge is 2.13. The largest absolute Gasteiger partial charge is 0.489 e. The minimum absolute atomic E-state index is 0.165. The maximum absolute atomic E-state index is 13.6. The Morgan fingerprint density at radius 1 is 1.09 bits per heavy atom. The predicted octanol–water partition coefficient (Wildman–Crippen LogP) is 4.33. The molecule has 2 N–H and O–H groups in total. The third-order valence-electron chi connectivity index (χ3n) is 4.93. The molecule has 0 aliphatic heterocycles. The molecule has 0 bridgehead atoms. The Hall–Kier alpha value is -3.81. The number of benzene rings is 2. The van der Waals surface area contributed by atoms with Crippen LogP contribution in [0.1, 0.15) is 47.3 Å². The summed E-state index contributed by atoms with van der Waals surface area (Å²) in [5.41, 5.74) is 1.67. The topological polar surface area (TPSA) is 80.3 Å². The molecule has 3 aromatic rings. The second kappa shape index (κ2) is 11.7. The number of rotatable bonds is 10. The lowest BCUT2D eigenvalue weighted by molar-refractivity contribution is -0.121. The molecule has 2 aromatic carbocycles. The first-order valence-electron chi connectivity index (χ1n) is 10.6. The summed E-state index contributed by atoms with van der Waals surface area (Å²) in [7, 11) is 0. The monoisotopic (exact) mass is 453 g/mol. The van der Waals surface area contributed by atoms with Gasteiger partial charge in [-0.1, -0.05) is 18.2 Å². The van der Waals surface area contributed by atoms with E-state index in [2.05, 4.69) is 15.6 Å². The fourth-order valence-corrected chi connectivity index (χ4v) is 3.12. The zero-order chi connectivity index (χ0) is 23.6. The predicted molar refractivity (Wildman–Crippen MR) is 119 cm³/mol. The van der Waals surface area contributed by atoms with Crippen LogP contribution in [-0.2, 0) is 11.4 Å². The second-order valence-electron chi connectivity index (χ2n) is 7.49. The van der Waals surface area contributed by atoms with E-state index in [1.54, 1.807) is 12.4 Å². The van der Waals surface area contributed by atoms with Gasteiger partial charge in [-0.25, -0.2) is 8.78 Å². The van der Waals surface area contributed by atoms with E-state index in [1.807, 2.05) is 43.3 Å². The molecule has 1 heterocycles. The zero-order valence-corrected chi connectivity index (χ0v) is 18.2. The van der Waals surface area contributed by atoms with Gasteiger partial charge in [0, 0.05) is 37.0 Å². The molecule has 33 heavy (non-hydrogen) atoms. The molecule has 172 valence electrons. The van der Waals surface area contributed by atoms with Crippen molar-refractivity contribution in [3.05, 3.63) is 95.3 Å². The molecule has 2 amide bonds. The summed E-state index contributed by atoms with van der Waals surface area (Å²) < 4.78 is 32.3. The molecule has 0 aliphatic rings. The number of ether oxygens (including phenoxy) is 1. The minimum atomic E-state index is -0.924. The van der Waals surface area contributed by atoms with Gasteiger partial charge >= 0.3 is 0 Å². The second-order valence-corrected chi connectivity index (χ2v) is 7.49. The fraction of sp³-hybridized carbons (Fsp3) is 0.240. The molecule has 1 atom stereocenters. The van der Waals surface area contributed by atoms with Crippen molar-refractivity contribution in [1.29, 1.82) is 0 Å². The number of carbonyl (C=O) groups excluding carboxylic acids is 2. The number of hydrogen-bond donors (Lipinski definition) is 2. The molecule has 0 radical (unpaired) electrons. The standard InChI is InChI=1S/C25H25F2N3O3/c1-17(19-6-9-21(10-7-19)33-16-18-4-2-12-28-15-18)30-24(31)5-3-13-29-25(32)22-11-8-20(26)14-23(22)27/h2,4,6-12,14-15,17H,3,5,13,16H2,1H3,(H,29,32)(H,30,31). The van der Waals surface area contributed by atoms with Gasteiger partial charge in [0.25, 0.3) is 5.91 Å². The van der Waals surface area contributed by atoms with Crippen molar-refractivity contribution in [1.82, 2.24) is 15.6 Å². The first kappa shape index (κ1) is 23.8. The number of hydrogen-bond acceptors (Lipinski definition) is 4. The van der Waals surface area contributed by atoms with Gasteiger partial charge in [0.1, 0.15) is 24.0 Å². The van der Waals surface area contributed by atoms with E-state index in [4.69, 9.17) is 4.74 Å². The summed E-state index contributed by atoms with van der Waals surface area (Å²) in [6, 6.07) is 13.8. The number of nitrogens with zero attached hydrogens (tertiary/aromatic N) is 1. The Balaban J connectivity index is 1.37. The van der Waals surface area contributed by atoms with E-state index in [0.29, 0.717) is 19.1 Å². The first-order valence-corrected chi connectivity index (χ1v) is 10.6. The first-order chi connectivity index (χ1) is 15.9. The molecular weight excluding hydrogens is 428 g/mol. The number of halogens is 2. The van der Waals surface area contributed by atoms with Crippen LogP contribution in [0.25, 0.3) is 0 Å². The number of nitrogens with one attached hydrogen (secondary N) is 2. The summed E-state index contributed by atoms with van der Waals surface area (Å²) in [5, 5.41) is 5.44. The lowest BCUT2D eigenvalue weighted by Gasteiger charge is -2.15. The quantitative estimate of drug-likeness (QED) is 0.448. The molecule has 0 saturated heterocycles. The van der Waals surface area contributed by atoms with Crippen LogP contribution < -0.4 is 15.4 Å². The van der Waals surface area contributed by atoms with Gasteiger partial charge in [-0.15, -0.1) is 0 Å². The number of aromatic nitrogens is 1. The molecule has 1 unspecified atom stereocenters. The van der Waals surface area contributed by atoms with Crippen molar-refractivity contribution in [2.45, 2.75) is 32.4 Å². The van der Waals surface area contributed by atoms with E-state index < -0.39 is 17.5 Å². The summed E-state index contributed by atoms with van der Waals surface area (Å²) in [5.74, 6) is -1.77. The molecule has 0 saturated carbocycles. The van der Waals surface area contributed by atoms with E-state index in [0.717, 1.165) is 29.0 Å². The van der Waals surface area contributed by atoms with Crippen molar-refractivity contribution >= 4 is 11.8 Å². The van der Waals surface area contributed by atoms with Gasteiger partial charge < -0.3 is 15.4 Å². The molecule has 0 fully saturated rings. The zero-order valence-electron chi connectivity index (χ0n) is 18.2. The molecule has 1 aromatic heterocycles. The van der Waals surface area contributed by atoms with Gasteiger partial charge in [0.2, 0.25) is 5.91 Å². The molecule has 6 nitrogen and oxygen atoms in total. The van der Waals surface area contributed by atoms with Crippen LogP contribution >= 0.6 is 0 Å². The van der Waals surface area contributed by atoms with Crippen LogP contribution in [0.3, 0.4) is 0 Å². The van der Waals surface area contributed by atoms with Crippen LogP contribution in [0.5, 0.6) is 5.75 Å². The number of pyridine rings is 1. The highest BCUT2D eigenvalue weighted by Crippen LogP contribution is 2.19. The molecule has 8 heteroatoms. The van der Waals surface area contributed by atoms with Crippen molar-refractivity contribution in [3.63, 3.8) is 0 Å². The van der Waals surface area contributed by atoms with E-state index >= 15 is 0 Å². The molecule has 0 aliphatic carbocycles. The molecular formula is C25H25F2N3O3. The van der Waals surface area contributed by atoms with Crippen LogP contribution in [0, 0.1) is 11.6 Å².